The number of carboxylic acid groups (broad SMARTS) is 1. The summed E-state index contributed by atoms with van der Waals surface area (Å²) in [5, 5.41) is 21.0. The number of hydrogen-bond donors (Lipinski definition) is 3. The minimum absolute atomic E-state index is 0.0719. The molecule has 0 bridgehead atoms. The molecule has 2 amide bonds. The molecule has 0 saturated carbocycles. The zero-order valence-electron chi connectivity index (χ0n) is 18.2. The van der Waals surface area contributed by atoms with Crippen LogP contribution in [0.25, 0.3) is 11.1 Å². The van der Waals surface area contributed by atoms with Crippen LogP contribution in [0.1, 0.15) is 34.0 Å². The number of carbonyl (C=O) groups is 3. The van der Waals surface area contributed by atoms with Crippen molar-refractivity contribution in [2.45, 2.75) is 18.4 Å². The Morgan fingerprint density at radius 1 is 1.09 bits per heavy atom. The van der Waals surface area contributed by atoms with Gasteiger partial charge in [-0.3, -0.25) is 10.1 Å². The van der Waals surface area contributed by atoms with Crippen molar-refractivity contribution in [2.24, 2.45) is 0 Å². The number of benzene rings is 2. The fourth-order valence-electron chi connectivity index (χ4n) is 3.87. The van der Waals surface area contributed by atoms with E-state index in [1.807, 2.05) is 54.8 Å². The largest absolute Gasteiger partial charge is 0.480 e. The Hall–Kier alpha value is -3.86. The first-order valence-corrected chi connectivity index (χ1v) is 11.9. The molecule has 176 valence electrons. The molecule has 1 heterocycles. The van der Waals surface area contributed by atoms with E-state index < -0.39 is 24.0 Å². The van der Waals surface area contributed by atoms with Crippen LogP contribution in [0.5, 0.6) is 0 Å². The molecule has 0 radical (unpaired) electrons. The van der Waals surface area contributed by atoms with Crippen LogP contribution in [0, 0.1) is 0 Å². The quantitative estimate of drug-likeness (QED) is 0.418. The van der Waals surface area contributed by atoms with E-state index in [2.05, 4.69) is 25.6 Å². The average Bonchev–Trinajstić information content (AvgIpc) is 3.42. The molecular formula is C23H22N4O6S. The molecule has 3 N–H and O–H groups in total. The lowest BCUT2D eigenvalue weighted by Crippen LogP contribution is -2.41. The number of aromatic nitrogens is 2. The number of rotatable bonds is 9. The number of hydrogen-bond acceptors (Lipinski definition) is 8. The number of amides is 2. The summed E-state index contributed by atoms with van der Waals surface area (Å²) >= 11 is 1.46. The van der Waals surface area contributed by atoms with Gasteiger partial charge in [0.25, 0.3) is 5.91 Å². The van der Waals surface area contributed by atoms with Gasteiger partial charge in [0.1, 0.15) is 12.6 Å². The van der Waals surface area contributed by atoms with Crippen LogP contribution >= 0.6 is 11.8 Å². The Morgan fingerprint density at radius 3 is 2.35 bits per heavy atom. The van der Waals surface area contributed by atoms with Gasteiger partial charge in [-0.05, 0) is 51.0 Å². The third-order valence-electron chi connectivity index (χ3n) is 5.48. The lowest BCUT2D eigenvalue weighted by Gasteiger charge is -2.14. The van der Waals surface area contributed by atoms with Crippen molar-refractivity contribution in [3.63, 3.8) is 0 Å². The highest BCUT2D eigenvalue weighted by molar-refractivity contribution is 7.98. The van der Waals surface area contributed by atoms with Gasteiger partial charge in [-0.25, -0.2) is 14.2 Å². The van der Waals surface area contributed by atoms with Gasteiger partial charge in [0.2, 0.25) is 11.5 Å². The van der Waals surface area contributed by atoms with E-state index in [1.54, 1.807) is 0 Å². The van der Waals surface area contributed by atoms with Crippen molar-refractivity contribution in [1.82, 2.24) is 15.6 Å². The Morgan fingerprint density at radius 2 is 1.74 bits per heavy atom. The monoisotopic (exact) mass is 482 g/mol. The van der Waals surface area contributed by atoms with Crippen molar-refractivity contribution in [1.29, 1.82) is 0 Å². The number of nitrogens with one attached hydrogen (secondary N) is 2. The molecule has 0 aliphatic heterocycles. The lowest BCUT2D eigenvalue weighted by molar-refractivity contribution is -0.139. The van der Waals surface area contributed by atoms with E-state index in [1.165, 1.54) is 11.8 Å². The minimum Gasteiger partial charge on any atom is -0.480 e. The number of anilines is 1. The second-order valence-corrected chi connectivity index (χ2v) is 8.54. The maximum absolute atomic E-state index is 12.5. The topological polar surface area (TPSA) is 144 Å². The van der Waals surface area contributed by atoms with E-state index in [-0.39, 0.29) is 30.5 Å². The average molecular weight is 483 g/mol. The van der Waals surface area contributed by atoms with Crippen molar-refractivity contribution < 1.29 is 28.9 Å². The summed E-state index contributed by atoms with van der Waals surface area (Å²) in [6.45, 7) is 0.0719. The van der Waals surface area contributed by atoms with Gasteiger partial charge in [-0.15, -0.1) is 0 Å². The molecule has 1 atom stereocenters. The number of ether oxygens (including phenoxy) is 1. The number of carboxylic acids is 1. The highest BCUT2D eigenvalue weighted by atomic mass is 32.2. The number of nitrogens with zero attached hydrogens (tertiary/aromatic N) is 2. The predicted octanol–water partition coefficient (Wildman–Crippen LogP) is 3.37. The van der Waals surface area contributed by atoms with Gasteiger partial charge >= 0.3 is 12.1 Å². The number of thioether (sulfide) groups is 1. The van der Waals surface area contributed by atoms with Crippen LogP contribution in [0.3, 0.4) is 0 Å². The molecule has 2 aromatic carbocycles. The summed E-state index contributed by atoms with van der Waals surface area (Å²) in [5.74, 6) is -1.86. The molecule has 1 aromatic heterocycles. The van der Waals surface area contributed by atoms with E-state index in [4.69, 9.17) is 4.74 Å². The Kier molecular flexibility index (Phi) is 7.12. The van der Waals surface area contributed by atoms with Crippen LogP contribution in [0.15, 0.2) is 53.2 Å². The Bertz CT molecular complexity index is 1170. The van der Waals surface area contributed by atoms with Crippen LogP contribution in [-0.4, -0.2) is 58.0 Å². The summed E-state index contributed by atoms with van der Waals surface area (Å²) < 4.78 is 10.0. The summed E-state index contributed by atoms with van der Waals surface area (Å²) in [6, 6.07) is 14.8. The van der Waals surface area contributed by atoms with Crippen LogP contribution in [0.2, 0.25) is 0 Å². The molecule has 1 aliphatic carbocycles. The van der Waals surface area contributed by atoms with Crippen molar-refractivity contribution in [2.75, 3.05) is 23.9 Å². The summed E-state index contributed by atoms with van der Waals surface area (Å²) in [6.07, 6.45) is 1.21. The number of aliphatic carboxylic acids is 1. The highest BCUT2D eigenvalue weighted by Gasteiger charge is 2.30. The maximum atomic E-state index is 12.5. The molecule has 1 aliphatic rings. The fourth-order valence-corrected chi connectivity index (χ4v) is 4.34. The van der Waals surface area contributed by atoms with E-state index in [9.17, 15) is 19.5 Å². The van der Waals surface area contributed by atoms with Gasteiger partial charge in [0.15, 0.2) is 0 Å². The van der Waals surface area contributed by atoms with Crippen LogP contribution in [0.4, 0.5) is 10.6 Å². The first kappa shape index (κ1) is 23.3. The van der Waals surface area contributed by atoms with Crippen LogP contribution in [-0.2, 0) is 9.53 Å². The van der Waals surface area contributed by atoms with Crippen molar-refractivity contribution in [3.05, 3.63) is 65.4 Å². The number of fused-ring (bicyclic) bond motifs is 3. The summed E-state index contributed by atoms with van der Waals surface area (Å²) in [7, 11) is 0. The second kappa shape index (κ2) is 10.4. The summed E-state index contributed by atoms with van der Waals surface area (Å²) in [4.78, 5) is 36.3. The van der Waals surface area contributed by atoms with Gasteiger partial charge in [0.05, 0.1) is 0 Å². The predicted molar refractivity (Wildman–Crippen MR) is 125 cm³/mol. The lowest BCUT2D eigenvalue weighted by atomic mass is 9.98. The van der Waals surface area contributed by atoms with E-state index in [0.717, 1.165) is 22.3 Å². The third kappa shape index (κ3) is 4.88. The zero-order valence-corrected chi connectivity index (χ0v) is 19.0. The standard InChI is InChI=1S/C23H22N4O6S/c1-34-11-10-18(22(29)30)24-21(28)19-20(27-33-26-19)25-23(31)32-12-17-15-8-4-2-6-13(15)14-7-3-5-9-16(14)17/h2-9,17-18H,10-12H2,1H3,(H,24,28)(H,29,30)(H,25,27,31). The second-order valence-electron chi connectivity index (χ2n) is 7.56. The molecule has 0 spiro atoms. The Balaban J connectivity index is 1.40. The molecule has 4 rings (SSSR count). The van der Waals surface area contributed by atoms with Gasteiger partial charge in [-0.1, -0.05) is 48.5 Å². The first-order valence-electron chi connectivity index (χ1n) is 10.5. The number of carbonyl (C=O) groups excluding carboxylic acids is 2. The van der Waals surface area contributed by atoms with E-state index in [0.29, 0.717) is 5.75 Å². The summed E-state index contributed by atoms with van der Waals surface area (Å²) in [5.41, 5.74) is 3.97. The zero-order chi connectivity index (χ0) is 24.1. The highest BCUT2D eigenvalue weighted by Crippen LogP contribution is 2.44. The first-order chi connectivity index (χ1) is 16.5. The molecule has 0 saturated heterocycles. The van der Waals surface area contributed by atoms with Gasteiger partial charge < -0.3 is 15.2 Å². The molecular weight excluding hydrogens is 460 g/mol. The SMILES string of the molecule is CSCCC(NC(=O)c1nonc1NC(=O)OCC1c2ccccc2-c2ccccc21)C(=O)O. The van der Waals surface area contributed by atoms with Gasteiger partial charge in [-0.2, -0.15) is 11.8 Å². The Labute approximate surface area is 199 Å². The van der Waals surface area contributed by atoms with Gasteiger partial charge in [0, 0.05) is 5.92 Å². The van der Waals surface area contributed by atoms with Crippen LogP contribution < -0.4 is 10.6 Å². The molecule has 10 nitrogen and oxygen atoms in total. The van der Waals surface area contributed by atoms with Crippen molar-refractivity contribution >= 4 is 35.5 Å². The fraction of sp³-hybridized carbons (Fsp3) is 0.261. The molecule has 1 unspecified atom stereocenters. The smallest absolute Gasteiger partial charge is 0.412 e. The molecule has 3 aromatic rings. The molecule has 34 heavy (non-hydrogen) atoms. The van der Waals surface area contributed by atoms with E-state index >= 15 is 0 Å². The normalized spacial score (nSPS) is 13.0. The van der Waals surface area contributed by atoms with Crippen molar-refractivity contribution in [3.8, 4) is 11.1 Å². The molecule has 11 heteroatoms. The molecule has 0 fully saturated rings. The third-order valence-corrected chi connectivity index (χ3v) is 6.13. The maximum Gasteiger partial charge on any atom is 0.412 e. The minimum atomic E-state index is -1.18.